The van der Waals surface area contributed by atoms with Crippen molar-refractivity contribution in [2.75, 3.05) is 7.11 Å². The van der Waals surface area contributed by atoms with Gasteiger partial charge in [-0.25, -0.2) is 0 Å². The first-order chi connectivity index (χ1) is 9.43. The third-order valence-electron chi connectivity index (χ3n) is 3.05. The van der Waals surface area contributed by atoms with Crippen molar-refractivity contribution in [2.45, 2.75) is 25.9 Å². The SMILES string of the molecule is COc1cnn(C(C)C)c1C(N)c1cc(Cl)cc(Cl)c1. The van der Waals surface area contributed by atoms with Gasteiger partial charge in [-0.3, -0.25) is 4.68 Å². The van der Waals surface area contributed by atoms with E-state index >= 15 is 0 Å². The van der Waals surface area contributed by atoms with Crippen LogP contribution in [0, 0.1) is 0 Å². The van der Waals surface area contributed by atoms with Crippen molar-refractivity contribution < 1.29 is 4.74 Å². The lowest BCUT2D eigenvalue weighted by Crippen LogP contribution is -2.19. The standard InChI is InChI=1S/C14H17Cl2N3O/c1-8(2)19-14(12(20-3)7-18-19)13(17)9-4-10(15)6-11(16)5-9/h4-8,13H,17H2,1-3H3. The van der Waals surface area contributed by atoms with Gasteiger partial charge in [-0.05, 0) is 37.6 Å². The van der Waals surface area contributed by atoms with E-state index in [4.69, 9.17) is 33.7 Å². The van der Waals surface area contributed by atoms with Crippen LogP contribution in [-0.4, -0.2) is 16.9 Å². The molecule has 1 atom stereocenters. The van der Waals surface area contributed by atoms with Crippen LogP contribution in [0.2, 0.25) is 10.0 Å². The van der Waals surface area contributed by atoms with E-state index in [1.807, 2.05) is 18.5 Å². The second-order valence-electron chi connectivity index (χ2n) is 4.82. The minimum atomic E-state index is -0.411. The van der Waals surface area contributed by atoms with E-state index in [2.05, 4.69) is 5.10 Å². The number of hydrogen-bond donors (Lipinski definition) is 1. The van der Waals surface area contributed by atoms with Gasteiger partial charge in [0.2, 0.25) is 0 Å². The van der Waals surface area contributed by atoms with Gasteiger partial charge in [0, 0.05) is 16.1 Å². The molecule has 108 valence electrons. The summed E-state index contributed by atoms with van der Waals surface area (Å²) in [7, 11) is 1.60. The maximum absolute atomic E-state index is 6.36. The highest BCUT2D eigenvalue weighted by atomic mass is 35.5. The largest absolute Gasteiger partial charge is 0.493 e. The summed E-state index contributed by atoms with van der Waals surface area (Å²) in [5.41, 5.74) is 7.98. The quantitative estimate of drug-likeness (QED) is 0.933. The van der Waals surface area contributed by atoms with E-state index < -0.39 is 6.04 Å². The highest BCUT2D eigenvalue weighted by Crippen LogP contribution is 2.32. The maximum atomic E-state index is 6.36. The van der Waals surface area contributed by atoms with Crippen LogP contribution in [0.5, 0.6) is 5.75 Å². The van der Waals surface area contributed by atoms with Gasteiger partial charge < -0.3 is 10.5 Å². The first kappa shape index (κ1) is 15.2. The van der Waals surface area contributed by atoms with Crippen molar-refractivity contribution >= 4 is 23.2 Å². The van der Waals surface area contributed by atoms with Gasteiger partial charge in [-0.15, -0.1) is 0 Å². The number of methoxy groups -OCH3 is 1. The predicted octanol–water partition coefficient (Wildman–Crippen LogP) is 3.83. The third-order valence-corrected chi connectivity index (χ3v) is 3.48. The molecule has 1 heterocycles. The summed E-state index contributed by atoms with van der Waals surface area (Å²) in [5.74, 6) is 0.655. The fraction of sp³-hybridized carbons (Fsp3) is 0.357. The molecule has 0 saturated heterocycles. The maximum Gasteiger partial charge on any atom is 0.161 e. The van der Waals surface area contributed by atoms with Crippen LogP contribution in [0.3, 0.4) is 0 Å². The van der Waals surface area contributed by atoms with Gasteiger partial charge in [0.05, 0.1) is 19.3 Å². The van der Waals surface area contributed by atoms with E-state index in [9.17, 15) is 0 Å². The molecule has 0 bridgehead atoms. The fourth-order valence-corrected chi connectivity index (χ4v) is 2.68. The summed E-state index contributed by atoms with van der Waals surface area (Å²) in [6.07, 6.45) is 1.67. The lowest BCUT2D eigenvalue weighted by molar-refractivity contribution is 0.401. The van der Waals surface area contributed by atoms with E-state index in [0.29, 0.717) is 15.8 Å². The topological polar surface area (TPSA) is 53.1 Å². The van der Waals surface area contributed by atoms with E-state index in [-0.39, 0.29) is 6.04 Å². The molecule has 0 aliphatic heterocycles. The first-order valence-electron chi connectivity index (χ1n) is 6.27. The molecule has 0 fully saturated rings. The number of benzene rings is 1. The van der Waals surface area contributed by atoms with Gasteiger partial charge in [-0.1, -0.05) is 23.2 Å². The van der Waals surface area contributed by atoms with Gasteiger partial charge in [0.1, 0.15) is 5.69 Å². The average molecular weight is 314 g/mol. The Hall–Kier alpha value is -1.23. The molecule has 0 saturated carbocycles. The molecule has 0 aliphatic rings. The van der Waals surface area contributed by atoms with E-state index in [0.717, 1.165) is 11.3 Å². The number of nitrogens with zero attached hydrogens (tertiary/aromatic N) is 2. The molecule has 20 heavy (non-hydrogen) atoms. The zero-order chi connectivity index (χ0) is 14.9. The summed E-state index contributed by atoms with van der Waals surface area (Å²) in [6, 6.07) is 5.04. The first-order valence-corrected chi connectivity index (χ1v) is 7.02. The number of aromatic nitrogens is 2. The third kappa shape index (κ3) is 2.92. The van der Waals surface area contributed by atoms with Crippen LogP contribution in [0.4, 0.5) is 0 Å². The van der Waals surface area contributed by atoms with Crippen molar-refractivity contribution in [1.82, 2.24) is 9.78 Å². The summed E-state index contributed by atoms with van der Waals surface area (Å²) in [4.78, 5) is 0. The molecule has 0 amide bonds. The Kier molecular flexibility index (Phi) is 4.58. The Bertz CT molecular complexity index is 590. The Morgan fingerprint density at radius 3 is 2.30 bits per heavy atom. The van der Waals surface area contributed by atoms with Crippen molar-refractivity contribution in [3.05, 3.63) is 45.7 Å². The molecule has 0 radical (unpaired) electrons. The highest BCUT2D eigenvalue weighted by molar-refractivity contribution is 6.34. The predicted molar refractivity (Wildman–Crippen MR) is 81.7 cm³/mol. The van der Waals surface area contributed by atoms with Gasteiger partial charge in [0.15, 0.2) is 5.75 Å². The minimum Gasteiger partial charge on any atom is -0.493 e. The van der Waals surface area contributed by atoms with Crippen LogP contribution in [0.25, 0.3) is 0 Å². The normalized spacial score (nSPS) is 12.8. The molecule has 1 aromatic carbocycles. The van der Waals surface area contributed by atoms with Crippen LogP contribution < -0.4 is 10.5 Å². The fourth-order valence-electron chi connectivity index (χ4n) is 2.13. The van der Waals surface area contributed by atoms with Crippen molar-refractivity contribution in [1.29, 1.82) is 0 Å². The minimum absolute atomic E-state index is 0.176. The average Bonchev–Trinajstić information content (AvgIpc) is 2.80. The zero-order valence-corrected chi connectivity index (χ0v) is 13.1. The van der Waals surface area contributed by atoms with E-state index in [1.165, 1.54) is 0 Å². The monoisotopic (exact) mass is 313 g/mol. The molecule has 6 heteroatoms. The molecule has 1 unspecified atom stereocenters. The number of halogens is 2. The van der Waals surface area contributed by atoms with Crippen LogP contribution in [0.1, 0.15) is 37.2 Å². The number of nitrogens with two attached hydrogens (primary N) is 1. The Morgan fingerprint density at radius 1 is 1.20 bits per heavy atom. The van der Waals surface area contributed by atoms with Crippen LogP contribution in [-0.2, 0) is 0 Å². The lowest BCUT2D eigenvalue weighted by atomic mass is 10.0. The number of hydrogen-bond acceptors (Lipinski definition) is 3. The van der Waals surface area contributed by atoms with Crippen molar-refractivity contribution in [2.24, 2.45) is 5.73 Å². The van der Waals surface area contributed by atoms with Gasteiger partial charge >= 0.3 is 0 Å². The smallest absolute Gasteiger partial charge is 0.161 e. The number of rotatable bonds is 4. The molecule has 0 aliphatic carbocycles. The summed E-state index contributed by atoms with van der Waals surface area (Å²) in [5, 5.41) is 5.43. The van der Waals surface area contributed by atoms with E-state index in [1.54, 1.807) is 31.5 Å². The van der Waals surface area contributed by atoms with Gasteiger partial charge in [-0.2, -0.15) is 5.10 Å². The van der Waals surface area contributed by atoms with Gasteiger partial charge in [0.25, 0.3) is 0 Å². The molecule has 2 N–H and O–H groups in total. The molecule has 2 rings (SSSR count). The molecule has 0 spiro atoms. The zero-order valence-electron chi connectivity index (χ0n) is 11.6. The second-order valence-corrected chi connectivity index (χ2v) is 5.69. The molecule has 2 aromatic rings. The Morgan fingerprint density at radius 2 is 1.80 bits per heavy atom. The lowest BCUT2D eigenvalue weighted by Gasteiger charge is -2.18. The summed E-state index contributed by atoms with van der Waals surface area (Å²) in [6.45, 7) is 4.07. The van der Waals surface area contributed by atoms with Crippen molar-refractivity contribution in [3.63, 3.8) is 0 Å². The van der Waals surface area contributed by atoms with Crippen LogP contribution in [0.15, 0.2) is 24.4 Å². The summed E-state index contributed by atoms with van der Waals surface area (Å²) < 4.78 is 7.20. The van der Waals surface area contributed by atoms with Crippen molar-refractivity contribution in [3.8, 4) is 5.75 Å². The molecule has 1 aromatic heterocycles. The number of ether oxygens (including phenoxy) is 1. The summed E-state index contributed by atoms with van der Waals surface area (Å²) >= 11 is 12.1. The highest BCUT2D eigenvalue weighted by Gasteiger charge is 2.22. The molecule has 4 nitrogen and oxygen atoms in total. The van der Waals surface area contributed by atoms with Crippen LogP contribution >= 0.6 is 23.2 Å². The molecular formula is C14H17Cl2N3O. The molecular weight excluding hydrogens is 297 g/mol. The second kappa shape index (κ2) is 6.04. The Labute approximate surface area is 128 Å². The Balaban J connectivity index is 2.51.